The van der Waals surface area contributed by atoms with Gasteiger partial charge in [0.2, 0.25) is 5.88 Å². The number of fused-ring (bicyclic) bond motifs is 1. The summed E-state index contributed by atoms with van der Waals surface area (Å²) in [5, 5.41) is 9.11. The molecule has 0 unspecified atom stereocenters. The Bertz CT molecular complexity index is 1050. The maximum atomic E-state index is 5.97. The number of ether oxygens (including phenoxy) is 1. The molecule has 2 aromatic carbocycles. The zero-order valence-electron chi connectivity index (χ0n) is 13.8. The Balaban J connectivity index is 1.60. The Morgan fingerprint density at radius 1 is 1.04 bits per heavy atom. The molecule has 0 aliphatic rings. The lowest BCUT2D eigenvalue weighted by Gasteiger charge is -2.10. The lowest BCUT2D eigenvalue weighted by Crippen LogP contribution is -2.06. The van der Waals surface area contributed by atoms with Gasteiger partial charge in [0.25, 0.3) is 0 Å². The van der Waals surface area contributed by atoms with Crippen molar-refractivity contribution in [3.05, 3.63) is 71.5 Å². The van der Waals surface area contributed by atoms with E-state index >= 15 is 0 Å². The number of anilines is 1. The fourth-order valence-electron chi connectivity index (χ4n) is 2.73. The number of nitrogens with zero attached hydrogens (tertiary/aromatic N) is 4. The lowest BCUT2D eigenvalue weighted by molar-refractivity contribution is 0.304. The molecule has 130 valence electrons. The van der Waals surface area contributed by atoms with Gasteiger partial charge in [-0.05, 0) is 42.0 Å². The normalized spacial score (nSPS) is 11.0. The summed E-state index contributed by atoms with van der Waals surface area (Å²) >= 11 is 5.97. The van der Waals surface area contributed by atoms with Crippen molar-refractivity contribution in [1.82, 2.24) is 19.6 Å². The van der Waals surface area contributed by atoms with Crippen LogP contribution in [0.3, 0.4) is 0 Å². The van der Waals surface area contributed by atoms with E-state index in [0.29, 0.717) is 29.0 Å². The first-order chi connectivity index (χ1) is 12.7. The van der Waals surface area contributed by atoms with Gasteiger partial charge in [0.05, 0.1) is 19.0 Å². The highest BCUT2D eigenvalue weighted by molar-refractivity contribution is 6.30. The monoisotopic (exact) mass is 365 g/mol. The fourth-order valence-corrected chi connectivity index (χ4v) is 2.86. The highest BCUT2D eigenvalue weighted by atomic mass is 35.5. The first-order valence-electron chi connectivity index (χ1n) is 8.13. The van der Waals surface area contributed by atoms with Crippen LogP contribution in [0.15, 0.2) is 60.9 Å². The highest BCUT2D eigenvalue weighted by Gasteiger charge is 2.13. The van der Waals surface area contributed by atoms with Gasteiger partial charge in [-0.15, -0.1) is 10.2 Å². The van der Waals surface area contributed by atoms with Crippen LogP contribution in [-0.4, -0.2) is 26.2 Å². The van der Waals surface area contributed by atoms with E-state index in [2.05, 4.69) is 15.2 Å². The van der Waals surface area contributed by atoms with Crippen molar-refractivity contribution in [3.63, 3.8) is 0 Å². The van der Waals surface area contributed by atoms with E-state index in [4.69, 9.17) is 22.1 Å². The van der Waals surface area contributed by atoms with Crippen LogP contribution in [0.25, 0.3) is 17.0 Å². The second-order valence-corrected chi connectivity index (χ2v) is 6.25. The van der Waals surface area contributed by atoms with Crippen LogP contribution >= 0.6 is 11.6 Å². The fraction of sp³-hybridized carbons (Fsp3) is 0.105. The Labute approximate surface area is 155 Å². The predicted molar refractivity (Wildman–Crippen MR) is 101 cm³/mol. The van der Waals surface area contributed by atoms with E-state index in [1.165, 1.54) is 0 Å². The summed E-state index contributed by atoms with van der Waals surface area (Å²) in [7, 11) is 0. The first-order valence-corrected chi connectivity index (χ1v) is 8.51. The number of hydrogen-bond donors (Lipinski definition) is 1. The van der Waals surface area contributed by atoms with Gasteiger partial charge in [-0.1, -0.05) is 23.7 Å². The minimum atomic E-state index is 0.489. The predicted octanol–water partition coefficient (Wildman–Crippen LogP) is 3.65. The molecule has 0 bridgehead atoms. The Hall–Kier alpha value is -3.12. The van der Waals surface area contributed by atoms with Gasteiger partial charge >= 0.3 is 0 Å². The Kier molecular flexibility index (Phi) is 4.41. The van der Waals surface area contributed by atoms with Crippen LogP contribution in [0, 0.1) is 0 Å². The van der Waals surface area contributed by atoms with Crippen molar-refractivity contribution >= 4 is 22.9 Å². The molecule has 0 fully saturated rings. The third-order valence-corrected chi connectivity index (χ3v) is 4.23. The Morgan fingerprint density at radius 2 is 1.88 bits per heavy atom. The van der Waals surface area contributed by atoms with Crippen LogP contribution < -0.4 is 10.5 Å². The van der Waals surface area contributed by atoms with Crippen molar-refractivity contribution in [2.24, 2.45) is 0 Å². The van der Waals surface area contributed by atoms with Crippen molar-refractivity contribution in [1.29, 1.82) is 0 Å². The second-order valence-electron chi connectivity index (χ2n) is 5.81. The van der Waals surface area contributed by atoms with Gasteiger partial charge in [-0.3, -0.25) is 4.98 Å². The maximum Gasteiger partial charge on any atom is 0.220 e. The number of rotatable bonds is 5. The quantitative estimate of drug-likeness (QED) is 0.546. The molecule has 0 saturated carbocycles. The maximum absolute atomic E-state index is 5.97. The number of aromatic nitrogens is 4. The molecule has 7 heteroatoms. The molecule has 4 rings (SSSR count). The van der Waals surface area contributed by atoms with E-state index in [1.807, 2.05) is 52.9 Å². The molecule has 0 aliphatic carbocycles. The van der Waals surface area contributed by atoms with E-state index in [-0.39, 0.29) is 0 Å². The molecule has 2 aromatic heterocycles. The number of benzene rings is 2. The molecular weight excluding hydrogens is 350 g/mol. The van der Waals surface area contributed by atoms with Crippen LogP contribution in [0.4, 0.5) is 5.69 Å². The summed E-state index contributed by atoms with van der Waals surface area (Å²) in [6, 6.07) is 15.2. The zero-order valence-corrected chi connectivity index (χ0v) is 14.6. The van der Waals surface area contributed by atoms with Gasteiger partial charge in [0, 0.05) is 22.7 Å². The van der Waals surface area contributed by atoms with Crippen LogP contribution in [-0.2, 0) is 6.42 Å². The van der Waals surface area contributed by atoms with E-state index in [1.54, 1.807) is 12.4 Å². The van der Waals surface area contributed by atoms with Gasteiger partial charge in [0.1, 0.15) is 0 Å². The molecule has 4 aromatic rings. The second kappa shape index (κ2) is 7.01. The van der Waals surface area contributed by atoms with E-state index in [0.717, 1.165) is 23.2 Å². The third kappa shape index (κ3) is 3.32. The molecule has 0 aliphatic heterocycles. The van der Waals surface area contributed by atoms with Crippen molar-refractivity contribution in [2.45, 2.75) is 6.42 Å². The summed E-state index contributed by atoms with van der Waals surface area (Å²) in [5.41, 5.74) is 9.20. The number of halogens is 1. The smallest absolute Gasteiger partial charge is 0.220 e. The number of nitrogens with two attached hydrogens (primary N) is 1. The number of nitrogen functional groups attached to an aromatic ring is 1. The molecule has 0 atom stereocenters. The van der Waals surface area contributed by atoms with Crippen LogP contribution in [0.1, 0.15) is 5.56 Å². The van der Waals surface area contributed by atoms with E-state index < -0.39 is 0 Å². The molecule has 0 spiro atoms. The summed E-state index contributed by atoms with van der Waals surface area (Å²) in [5.74, 6) is 1.26. The topological polar surface area (TPSA) is 78.3 Å². The number of hydrogen-bond acceptors (Lipinski definition) is 5. The molecule has 0 saturated heterocycles. The minimum absolute atomic E-state index is 0.489. The lowest BCUT2D eigenvalue weighted by atomic mass is 10.1. The summed E-state index contributed by atoms with van der Waals surface area (Å²) in [4.78, 5) is 4.18. The molecule has 0 amide bonds. The molecular formula is C19H16ClN5O. The van der Waals surface area contributed by atoms with Crippen molar-refractivity contribution < 1.29 is 4.74 Å². The van der Waals surface area contributed by atoms with Crippen LogP contribution in [0.5, 0.6) is 5.88 Å². The first kappa shape index (κ1) is 16.4. The average Bonchev–Trinajstić information content (AvgIpc) is 3.07. The van der Waals surface area contributed by atoms with Crippen molar-refractivity contribution in [3.8, 4) is 17.3 Å². The minimum Gasteiger partial charge on any atom is -0.477 e. The summed E-state index contributed by atoms with van der Waals surface area (Å²) in [6.07, 6.45) is 4.05. The van der Waals surface area contributed by atoms with Gasteiger partial charge in [0.15, 0.2) is 11.5 Å². The Morgan fingerprint density at radius 3 is 2.69 bits per heavy atom. The van der Waals surface area contributed by atoms with Gasteiger partial charge < -0.3 is 10.5 Å². The zero-order chi connectivity index (χ0) is 17.9. The summed E-state index contributed by atoms with van der Waals surface area (Å²) in [6.45, 7) is 0.489. The van der Waals surface area contributed by atoms with Crippen molar-refractivity contribution in [2.75, 3.05) is 12.3 Å². The van der Waals surface area contributed by atoms with Gasteiger partial charge in [-0.25, -0.2) is 4.40 Å². The van der Waals surface area contributed by atoms with E-state index in [9.17, 15) is 0 Å². The third-order valence-electron chi connectivity index (χ3n) is 3.98. The molecule has 2 heterocycles. The van der Waals surface area contributed by atoms with Crippen LogP contribution in [0.2, 0.25) is 5.02 Å². The summed E-state index contributed by atoms with van der Waals surface area (Å²) < 4.78 is 7.80. The molecule has 26 heavy (non-hydrogen) atoms. The molecule has 0 radical (unpaired) electrons. The highest BCUT2D eigenvalue weighted by Crippen LogP contribution is 2.24. The standard InChI is InChI=1S/C19H16ClN5O/c20-15-6-4-14(5-7-15)19-24-23-17-11-22-12-18(25(17)19)26-9-8-13-2-1-3-16(21)10-13/h1-7,10-12H,8-9,21H2. The molecule has 2 N–H and O–H groups in total. The SMILES string of the molecule is Nc1cccc(CCOc2cncc3nnc(-c4ccc(Cl)cc4)n23)c1. The molecule has 6 nitrogen and oxygen atoms in total. The van der Waals surface area contributed by atoms with Gasteiger partial charge in [-0.2, -0.15) is 0 Å². The largest absolute Gasteiger partial charge is 0.477 e. The average molecular weight is 366 g/mol.